The third-order valence-corrected chi connectivity index (χ3v) is 4.08. The van der Waals surface area contributed by atoms with E-state index in [0.29, 0.717) is 5.01 Å². The predicted molar refractivity (Wildman–Crippen MR) is 86.0 cm³/mol. The molecule has 104 valence electrons. The van der Waals surface area contributed by atoms with Crippen molar-refractivity contribution in [1.82, 2.24) is 4.98 Å². The van der Waals surface area contributed by atoms with Crippen molar-refractivity contribution in [2.45, 2.75) is 0 Å². The zero-order valence-corrected chi connectivity index (χ0v) is 12.3. The Morgan fingerprint density at radius 3 is 2.86 bits per heavy atom. The molecular weight excluding hydrogens is 282 g/mol. The highest BCUT2D eigenvalue weighted by molar-refractivity contribution is 7.20. The van der Waals surface area contributed by atoms with Crippen molar-refractivity contribution in [2.24, 2.45) is 0 Å². The highest BCUT2D eigenvalue weighted by Crippen LogP contribution is 2.22. The molecule has 1 aromatic heterocycles. The molecule has 0 amide bonds. The van der Waals surface area contributed by atoms with Gasteiger partial charge in [0.2, 0.25) is 5.78 Å². The topological polar surface area (TPSA) is 39.2 Å². The van der Waals surface area contributed by atoms with E-state index in [1.807, 2.05) is 48.5 Å². The van der Waals surface area contributed by atoms with E-state index in [1.54, 1.807) is 19.3 Å². The average Bonchev–Trinajstić information content (AvgIpc) is 2.97. The monoisotopic (exact) mass is 295 g/mol. The number of ketones is 1. The summed E-state index contributed by atoms with van der Waals surface area (Å²) in [5.41, 5.74) is 1.78. The third-order valence-electron chi connectivity index (χ3n) is 3.03. The molecule has 0 radical (unpaired) electrons. The van der Waals surface area contributed by atoms with Gasteiger partial charge < -0.3 is 4.74 Å². The highest BCUT2D eigenvalue weighted by Gasteiger charge is 2.08. The number of hydrogen-bond donors (Lipinski definition) is 0. The van der Waals surface area contributed by atoms with Gasteiger partial charge in [-0.1, -0.05) is 30.3 Å². The van der Waals surface area contributed by atoms with Gasteiger partial charge in [0.05, 0.1) is 17.3 Å². The molecule has 2 aromatic carbocycles. The van der Waals surface area contributed by atoms with Gasteiger partial charge in [0.25, 0.3) is 0 Å². The molecule has 3 aromatic rings. The number of methoxy groups -OCH3 is 1. The molecular formula is C17H13NO2S. The van der Waals surface area contributed by atoms with E-state index >= 15 is 0 Å². The molecule has 0 N–H and O–H groups in total. The number of allylic oxidation sites excluding steroid dienone is 1. The summed E-state index contributed by atoms with van der Waals surface area (Å²) in [5.74, 6) is 0.684. The van der Waals surface area contributed by atoms with Gasteiger partial charge in [-0.05, 0) is 35.9 Å². The molecule has 0 saturated heterocycles. The summed E-state index contributed by atoms with van der Waals surface area (Å²) < 4.78 is 6.18. The number of carbonyl (C=O) groups is 1. The molecule has 1 heterocycles. The van der Waals surface area contributed by atoms with Gasteiger partial charge in [0.1, 0.15) is 5.75 Å². The number of hydrogen-bond acceptors (Lipinski definition) is 4. The minimum absolute atomic E-state index is 0.0842. The highest BCUT2D eigenvalue weighted by atomic mass is 32.1. The van der Waals surface area contributed by atoms with E-state index in [0.717, 1.165) is 21.5 Å². The van der Waals surface area contributed by atoms with Crippen LogP contribution < -0.4 is 4.74 Å². The van der Waals surface area contributed by atoms with Crippen LogP contribution >= 0.6 is 11.3 Å². The number of fused-ring (bicyclic) bond motifs is 1. The Morgan fingerprint density at radius 2 is 2.05 bits per heavy atom. The molecule has 4 heteroatoms. The van der Waals surface area contributed by atoms with Gasteiger partial charge >= 0.3 is 0 Å². The zero-order valence-electron chi connectivity index (χ0n) is 11.4. The van der Waals surface area contributed by atoms with Crippen molar-refractivity contribution in [3.8, 4) is 5.75 Å². The van der Waals surface area contributed by atoms with Crippen LogP contribution in [0.5, 0.6) is 5.75 Å². The SMILES string of the molecule is COc1cccc(C=CC(=O)c2nc3ccccc3s2)c1. The summed E-state index contributed by atoms with van der Waals surface area (Å²) >= 11 is 1.41. The van der Waals surface area contributed by atoms with Crippen LogP contribution in [-0.4, -0.2) is 17.9 Å². The zero-order chi connectivity index (χ0) is 14.7. The van der Waals surface area contributed by atoms with Crippen molar-refractivity contribution in [2.75, 3.05) is 7.11 Å². The Hall–Kier alpha value is -2.46. The molecule has 21 heavy (non-hydrogen) atoms. The maximum absolute atomic E-state index is 12.2. The van der Waals surface area contributed by atoms with Gasteiger partial charge in [-0.25, -0.2) is 4.98 Å². The Labute approximate surface area is 126 Å². The van der Waals surface area contributed by atoms with Crippen LogP contribution in [0.4, 0.5) is 0 Å². The van der Waals surface area contributed by atoms with Gasteiger partial charge in [-0.2, -0.15) is 0 Å². The minimum atomic E-state index is -0.0842. The number of ether oxygens (including phenoxy) is 1. The largest absolute Gasteiger partial charge is 0.497 e. The van der Waals surface area contributed by atoms with E-state index in [-0.39, 0.29) is 5.78 Å². The van der Waals surface area contributed by atoms with Crippen LogP contribution in [0.3, 0.4) is 0 Å². The van der Waals surface area contributed by atoms with Crippen LogP contribution in [0.1, 0.15) is 15.4 Å². The Bertz CT molecular complexity index is 787. The lowest BCUT2D eigenvalue weighted by Gasteiger charge is -1.99. The van der Waals surface area contributed by atoms with Crippen molar-refractivity contribution >= 4 is 33.4 Å². The van der Waals surface area contributed by atoms with Gasteiger partial charge in [0, 0.05) is 0 Å². The Kier molecular flexibility index (Phi) is 3.79. The van der Waals surface area contributed by atoms with E-state index in [1.165, 1.54) is 11.3 Å². The van der Waals surface area contributed by atoms with E-state index in [9.17, 15) is 4.79 Å². The number of aromatic nitrogens is 1. The van der Waals surface area contributed by atoms with Crippen LogP contribution in [-0.2, 0) is 0 Å². The molecule has 3 rings (SSSR count). The predicted octanol–water partition coefficient (Wildman–Crippen LogP) is 4.20. The number of carbonyl (C=O) groups excluding carboxylic acids is 1. The molecule has 3 nitrogen and oxygen atoms in total. The fourth-order valence-electron chi connectivity index (χ4n) is 1.97. The molecule has 0 fully saturated rings. The van der Waals surface area contributed by atoms with Gasteiger partial charge in [-0.15, -0.1) is 11.3 Å². The first-order valence-electron chi connectivity index (χ1n) is 6.48. The van der Waals surface area contributed by atoms with Gasteiger partial charge in [0.15, 0.2) is 5.01 Å². The summed E-state index contributed by atoms with van der Waals surface area (Å²) in [5, 5.41) is 0.510. The number of para-hydroxylation sites is 1. The van der Waals surface area contributed by atoms with Crippen molar-refractivity contribution < 1.29 is 9.53 Å². The maximum Gasteiger partial charge on any atom is 0.214 e. The molecule has 0 aliphatic carbocycles. The molecule has 0 spiro atoms. The van der Waals surface area contributed by atoms with Crippen LogP contribution in [0.15, 0.2) is 54.6 Å². The van der Waals surface area contributed by atoms with Crippen molar-refractivity contribution in [1.29, 1.82) is 0 Å². The summed E-state index contributed by atoms with van der Waals surface area (Å²) in [7, 11) is 1.62. The average molecular weight is 295 g/mol. The molecule has 0 bridgehead atoms. The first-order chi connectivity index (χ1) is 10.3. The quantitative estimate of drug-likeness (QED) is 0.535. The third kappa shape index (κ3) is 3.01. The van der Waals surface area contributed by atoms with Crippen LogP contribution in [0.2, 0.25) is 0 Å². The normalized spacial score (nSPS) is 11.1. The lowest BCUT2D eigenvalue weighted by molar-refractivity contribution is 0.104. The second-order valence-electron chi connectivity index (χ2n) is 4.46. The number of benzene rings is 2. The molecule has 0 unspecified atom stereocenters. The van der Waals surface area contributed by atoms with E-state index in [2.05, 4.69) is 4.98 Å². The second-order valence-corrected chi connectivity index (χ2v) is 5.49. The Balaban J connectivity index is 1.83. The number of nitrogens with zero attached hydrogens (tertiary/aromatic N) is 1. The summed E-state index contributed by atoms with van der Waals surface area (Å²) in [6.07, 6.45) is 3.32. The fraction of sp³-hybridized carbons (Fsp3) is 0.0588. The van der Waals surface area contributed by atoms with Crippen LogP contribution in [0, 0.1) is 0 Å². The Morgan fingerprint density at radius 1 is 1.19 bits per heavy atom. The first-order valence-corrected chi connectivity index (χ1v) is 7.30. The summed E-state index contributed by atoms with van der Waals surface area (Å²) in [4.78, 5) is 16.5. The van der Waals surface area contributed by atoms with Crippen molar-refractivity contribution in [3.05, 3.63) is 65.2 Å². The number of thiazole rings is 1. The van der Waals surface area contributed by atoms with Gasteiger partial charge in [-0.3, -0.25) is 4.79 Å². The summed E-state index contributed by atoms with van der Waals surface area (Å²) in [6, 6.07) is 15.3. The molecule has 0 aliphatic heterocycles. The maximum atomic E-state index is 12.2. The lowest BCUT2D eigenvalue weighted by Crippen LogP contribution is -1.92. The minimum Gasteiger partial charge on any atom is -0.497 e. The first kappa shape index (κ1) is 13.5. The molecule has 0 saturated carbocycles. The molecule has 0 atom stereocenters. The fourth-order valence-corrected chi connectivity index (χ4v) is 2.85. The van der Waals surface area contributed by atoms with Crippen molar-refractivity contribution in [3.63, 3.8) is 0 Å². The standard InChI is InChI=1S/C17H13NO2S/c1-20-13-6-4-5-12(11-13)9-10-15(19)17-18-14-7-2-3-8-16(14)21-17/h2-11H,1H3. The summed E-state index contributed by atoms with van der Waals surface area (Å²) in [6.45, 7) is 0. The number of rotatable bonds is 4. The lowest BCUT2D eigenvalue weighted by atomic mass is 10.2. The van der Waals surface area contributed by atoms with E-state index < -0.39 is 0 Å². The smallest absolute Gasteiger partial charge is 0.214 e. The van der Waals surface area contributed by atoms with E-state index in [4.69, 9.17) is 4.74 Å². The molecule has 0 aliphatic rings. The van der Waals surface area contributed by atoms with Crippen LogP contribution in [0.25, 0.3) is 16.3 Å². The second kappa shape index (κ2) is 5.89.